The fourth-order valence-electron chi connectivity index (χ4n) is 0.588. The van der Waals surface area contributed by atoms with Crippen LogP contribution in [-0.4, -0.2) is 0 Å². The van der Waals surface area contributed by atoms with Gasteiger partial charge in [-0.2, -0.15) is 4.45 Å². The molecule has 0 heterocycles. The Morgan fingerprint density at radius 2 is 1.73 bits per heavy atom. The van der Waals surface area contributed by atoms with Crippen molar-refractivity contribution in [1.82, 2.24) is 4.45 Å². The quantitative estimate of drug-likeness (QED) is 0.629. The molecular weight excluding hydrogens is 251 g/mol. The first-order chi connectivity index (χ1) is 4.83. The molecule has 2 N–H and O–H groups in total. The van der Waals surface area contributed by atoms with Gasteiger partial charge in [-0.3, -0.25) is 0 Å². The predicted molar refractivity (Wildman–Crippen MR) is 54.4 cm³/mol. The zero-order valence-electron chi connectivity index (χ0n) is 5.47. The largest absolute Gasteiger partial charge is 0.312 e. The molecule has 0 atom stereocenters. The lowest BCUT2D eigenvalue weighted by Gasteiger charge is -2.00. The van der Waals surface area contributed by atoms with Crippen molar-refractivity contribution in [3.05, 3.63) is 29.3 Å². The minimum absolute atomic E-state index is 0. The van der Waals surface area contributed by atoms with Gasteiger partial charge in [0.2, 0.25) is 0 Å². The van der Waals surface area contributed by atoms with E-state index < -0.39 is 0 Å². The third kappa shape index (κ3) is 3.82. The summed E-state index contributed by atoms with van der Waals surface area (Å²) in [5.74, 6) is 0. The van der Waals surface area contributed by atoms with Crippen LogP contribution in [0, 0.1) is 0 Å². The van der Waals surface area contributed by atoms with Crippen LogP contribution in [0.15, 0.2) is 24.3 Å². The zero-order chi connectivity index (χ0) is 7.40. The van der Waals surface area contributed by atoms with E-state index in [1.54, 1.807) is 0 Å². The van der Waals surface area contributed by atoms with Gasteiger partial charge in [0.05, 0.1) is 0 Å². The lowest BCUT2D eigenvalue weighted by molar-refractivity contribution is 1.25. The lowest BCUT2D eigenvalue weighted by atomic mass is 10.3. The van der Waals surface area contributed by atoms with Gasteiger partial charge in [0.1, 0.15) is 0 Å². The monoisotopic (exact) mass is 256 g/mol. The van der Waals surface area contributed by atoms with E-state index in [1.165, 1.54) is 0 Å². The second kappa shape index (κ2) is 5.66. The number of nitrogens with one attached hydrogen (secondary N) is 2. The minimum Gasteiger partial charge on any atom is -0.312 e. The Kier molecular flexibility index (Phi) is 5.68. The van der Waals surface area contributed by atoms with E-state index in [-0.39, 0.29) is 12.4 Å². The van der Waals surface area contributed by atoms with Crippen molar-refractivity contribution in [1.29, 1.82) is 0 Å². The Balaban J connectivity index is 0.000001000. The van der Waals surface area contributed by atoms with Crippen molar-refractivity contribution in [2.75, 3.05) is 5.43 Å². The van der Waals surface area contributed by atoms with Gasteiger partial charge in [0, 0.05) is 26.9 Å². The average molecular weight is 258 g/mol. The van der Waals surface area contributed by atoms with Crippen molar-refractivity contribution < 1.29 is 0 Å². The zero-order valence-corrected chi connectivity index (χ0v) is 8.63. The molecule has 11 heavy (non-hydrogen) atoms. The molecule has 1 aromatic rings. The standard InChI is InChI=1S/C6H6BrClN2.ClH/c7-10-9-6-3-1-5(8)2-4-6;/h1-4,9-10H;1H. The van der Waals surface area contributed by atoms with Crippen LogP contribution in [0.5, 0.6) is 0 Å². The molecule has 0 aliphatic rings. The highest BCUT2D eigenvalue weighted by molar-refractivity contribution is 9.08. The van der Waals surface area contributed by atoms with Crippen molar-refractivity contribution in [3.63, 3.8) is 0 Å². The summed E-state index contributed by atoms with van der Waals surface area (Å²) in [6.45, 7) is 0. The van der Waals surface area contributed by atoms with Gasteiger partial charge in [0.25, 0.3) is 0 Å². The van der Waals surface area contributed by atoms with Crippen LogP contribution < -0.4 is 9.88 Å². The van der Waals surface area contributed by atoms with Crippen LogP contribution in [0.25, 0.3) is 0 Å². The Bertz CT molecular complexity index is 202. The highest BCUT2D eigenvalue weighted by Crippen LogP contribution is 2.12. The molecule has 0 amide bonds. The fourth-order valence-corrected chi connectivity index (χ4v) is 0.943. The number of anilines is 1. The summed E-state index contributed by atoms with van der Waals surface area (Å²) < 4.78 is 2.62. The molecule has 0 aliphatic carbocycles. The summed E-state index contributed by atoms with van der Waals surface area (Å²) in [5.41, 5.74) is 3.80. The molecule has 0 spiro atoms. The van der Waals surface area contributed by atoms with E-state index in [2.05, 4.69) is 26.0 Å². The Hall–Kier alpha value is 0.0400. The topological polar surface area (TPSA) is 24.1 Å². The molecule has 0 radical (unpaired) electrons. The van der Waals surface area contributed by atoms with Gasteiger partial charge >= 0.3 is 0 Å². The molecule has 0 saturated carbocycles. The van der Waals surface area contributed by atoms with Gasteiger partial charge < -0.3 is 5.43 Å². The highest BCUT2D eigenvalue weighted by Gasteiger charge is 1.87. The molecule has 62 valence electrons. The molecule has 0 aromatic heterocycles. The third-order valence-electron chi connectivity index (χ3n) is 1.04. The predicted octanol–water partition coefficient (Wildman–Crippen LogP) is 2.99. The number of hydrogen-bond acceptors (Lipinski definition) is 2. The summed E-state index contributed by atoms with van der Waals surface area (Å²) in [6, 6.07) is 7.37. The molecule has 1 aromatic carbocycles. The van der Waals surface area contributed by atoms with Crippen LogP contribution in [0.4, 0.5) is 5.69 Å². The first-order valence-electron chi connectivity index (χ1n) is 2.70. The number of rotatable bonds is 2. The first-order valence-corrected chi connectivity index (χ1v) is 3.87. The van der Waals surface area contributed by atoms with E-state index in [0.717, 1.165) is 10.7 Å². The van der Waals surface area contributed by atoms with Gasteiger partial charge in [-0.15, -0.1) is 12.4 Å². The molecule has 0 aliphatic heterocycles. The summed E-state index contributed by atoms with van der Waals surface area (Å²) in [7, 11) is 0. The third-order valence-corrected chi connectivity index (χ3v) is 1.49. The maximum absolute atomic E-state index is 5.65. The van der Waals surface area contributed by atoms with E-state index in [9.17, 15) is 0 Å². The number of hydrogen-bond donors (Lipinski definition) is 2. The van der Waals surface area contributed by atoms with Gasteiger partial charge in [0.15, 0.2) is 0 Å². The summed E-state index contributed by atoms with van der Waals surface area (Å²) in [4.78, 5) is 0. The summed E-state index contributed by atoms with van der Waals surface area (Å²) in [5, 5.41) is 0.736. The van der Waals surface area contributed by atoms with E-state index in [4.69, 9.17) is 11.6 Å². The fraction of sp³-hybridized carbons (Fsp3) is 0. The van der Waals surface area contributed by atoms with Crippen LogP contribution in [0.1, 0.15) is 0 Å². The van der Waals surface area contributed by atoms with Crippen LogP contribution >= 0.6 is 40.2 Å². The van der Waals surface area contributed by atoms with E-state index in [1.807, 2.05) is 24.3 Å². The van der Waals surface area contributed by atoms with Crippen LogP contribution in [0.3, 0.4) is 0 Å². The minimum atomic E-state index is 0. The Labute approximate surface area is 85.0 Å². The smallest absolute Gasteiger partial charge is 0.0497 e. The Morgan fingerprint density at radius 1 is 1.18 bits per heavy atom. The number of benzene rings is 1. The second-order valence-electron chi connectivity index (χ2n) is 1.73. The molecule has 0 unspecified atom stereocenters. The molecule has 2 nitrogen and oxygen atoms in total. The first kappa shape index (κ1) is 11.0. The van der Waals surface area contributed by atoms with E-state index in [0.29, 0.717) is 0 Å². The molecule has 0 saturated heterocycles. The molecule has 0 bridgehead atoms. The normalized spacial score (nSPS) is 8.55. The van der Waals surface area contributed by atoms with Crippen molar-refractivity contribution >= 4 is 45.8 Å². The lowest BCUT2D eigenvalue weighted by Crippen LogP contribution is -2.07. The maximum Gasteiger partial charge on any atom is 0.0497 e. The Morgan fingerprint density at radius 3 is 2.18 bits per heavy atom. The molecule has 5 heteroatoms. The average Bonchev–Trinajstić information content (AvgIpc) is 1.95. The van der Waals surface area contributed by atoms with Gasteiger partial charge in [-0.25, -0.2) is 0 Å². The second-order valence-corrected chi connectivity index (χ2v) is 2.56. The molecule has 1 rings (SSSR count). The van der Waals surface area contributed by atoms with E-state index >= 15 is 0 Å². The number of hydrazine groups is 1. The molecule has 0 fully saturated rings. The molecular formula is C6H7BrCl2N2. The van der Waals surface area contributed by atoms with Crippen LogP contribution in [0.2, 0.25) is 5.02 Å². The highest BCUT2D eigenvalue weighted by atomic mass is 79.9. The van der Waals surface area contributed by atoms with Crippen molar-refractivity contribution in [3.8, 4) is 0 Å². The van der Waals surface area contributed by atoms with Gasteiger partial charge in [-0.05, 0) is 24.3 Å². The summed E-state index contributed by atoms with van der Waals surface area (Å²) >= 11 is 8.66. The van der Waals surface area contributed by atoms with Gasteiger partial charge in [-0.1, -0.05) is 11.6 Å². The maximum atomic E-state index is 5.65. The SMILES string of the molecule is Cl.Clc1ccc(NNBr)cc1. The van der Waals surface area contributed by atoms with Crippen molar-refractivity contribution in [2.45, 2.75) is 0 Å². The van der Waals surface area contributed by atoms with Crippen molar-refractivity contribution in [2.24, 2.45) is 0 Å². The van der Waals surface area contributed by atoms with Crippen LogP contribution in [-0.2, 0) is 0 Å². The summed E-state index contributed by atoms with van der Waals surface area (Å²) in [6.07, 6.45) is 0. The number of halogens is 3.